The van der Waals surface area contributed by atoms with Gasteiger partial charge < -0.3 is 4.55 Å². The van der Waals surface area contributed by atoms with Crippen molar-refractivity contribution < 1.29 is 39.5 Å². The second-order valence-electron chi connectivity index (χ2n) is 3.06. The summed E-state index contributed by atoms with van der Waals surface area (Å²) in [6, 6.07) is -0.401. The van der Waals surface area contributed by atoms with E-state index in [9.17, 15) is 39.5 Å². The Morgan fingerprint density at radius 2 is 1.28 bits per heavy atom. The second-order valence-corrected chi connectivity index (χ2v) is 4.00. The van der Waals surface area contributed by atoms with Crippen molar-refractivity contribution in [1.29, 1.82) is 0 Å². The standard InChI is InChI=1S/C8H3F7O2S/c9-6-4(7(10,11)12)1-3(18(16)17)2-5(6)8(13,14)15/h1-2H,(H,16,17)/p-1. The van der Waals surface area contributed by atoms with Crippen LogP contribution in [0.15, 0.2) is 17.0 Å². The highest BCUT2D eigenvalue weighted by molar-refractivity contribution is 7.79. The lowest BCUT2D eigenvalue weighted by Crippen LogP contribution is -2.16. The van der Waals surface area contributed by atoms with Crippen LogP contribution in [-0.2, 0) is 23.4 Å². The zero-order valence-corrected chi connectivity index (χ0v) is 8.84. The van der Waals surface area contributed by atoms with Crippen molar-refractivity contribution in [2.45, 2.75) is 17.2 Å². The second kappa shape index (κ2) is 4.50. The van der Waals surface area contributed by atoms with E-state index in [-0.39, 0.29) is 12.1 Å². The Kier molecular flexibility index (Phi) is 3.73. The quantitative estimate of drug-likeness (QED) is 0.590. The van der Waals surface area contributed by atoms with Crippen LogP contribution in [0.3, 0.4) is 0 Å². The molecule has 0 amide bonds. The molecule has 0 aromatic heterocycles. The zero-order chi connectivity index (χ0) is 14.3. The summed E-state index contributed by atoms with van der Waals surface area (Å²) in [6.07, 6.45) is -10.9. The van der Waals surface area contributed by atoms with Crippen molar-refractivity contribution in [1.82, 2.24) is 0 Å². The lowest BCUT2D eigenvalue weighted by atomic mass is 10.1. The monoisotopic (exact) mass is 295 g/mol. The predicted molar refractivity (Wildman–Crippen MR) is 43.6 cm³/mol. The van der Waals surface area contributed by atoms with Crippen molar-refractivity contribution >= 4 is 11.1 Å². The van der Waals surface area contributed by atoms with Crippen molar-refractivity contribution in [2.75, 3.05) is 0 Å². The minimum Gasteiger partial charge on any atom is -0.768 e. The first-order chi connectivity index (χ1) is 7.94. The van der Waals surface area contributed by atoms with Crippen molar-refractivity contribution in [3.05, 3.63) is 29.1 Å². The Balaban J connectivity index is 3.64. The fraction of sp³-hybridized carbons (Fsp3) is 0.250. The SMILES string of the molecule is O=S([O-])c1cc(C(F)(F)F)c(F)c(C(F)(F)F)c1. The highest BCUT2D eigenvalue weighted by atomic mass is 32.2. The molecule has 0 saturated carbocycles. The Labute approximate surface area is 97.7 Å². The summed E-state index contributed by atoms with van der Waals surface area (Å²) in [5.41, 5.74) is -4.56. The van der Waals surface area contributed by atoms with Crippen LogP contribution in [0.25, 0.3) is 0 Å². The molecule has 102 valence electrons. The third-order valence-corrected chi connectivity index (χ3v) is 2.47. The Morgan fingerprint density at radius 3 is 1.50 bits per heavy atom. The molecule has 1 unspecified atom stereocenters. The molecule has 0 N–H and O–H groups in total. The fourth-order valence-electron chi connectivity index (χ4n) is 1.11. The lowest BCUT2D eigenvalue weighted by molar-refractivity contribution is -0.148. The summed E-state index contributed by atoms with van der Waals surface area (Å²) in [7, 11) is 0. The molecule has 1 aromatic carbocycles. The summed E-state index contributed by atoms with van der Waals surface area (Å²) >= 11 is -3.34. The number of alkyl halides is 6. The van der Waals surface area contributed by atoms with Gasteiger partial charge in [-0.25, -0.2) is 4.39 Å². The van der Waals surface area contributed by atoms with Crippen molar-refractivity contribution in [3.8, 4) is 0 Å². The summed E-state index contributed by atoms with van der Waals surface area (Å²) in [5.74, 6) is -2.55. The Bertz CT molecular complexity index is 456. The van der Waals surface area contributed by atoms with E-state index in [1.54, 1.807) is 0 Å². The molecular weight excluding hydrogens is 293 g/mol. The largest absolute Gasteiger partial charge is 0.768 e. The Hall–Kier alpha value is -1.16. The molecule has 0 heterocycles. The van der Waals surface area contributed by atoms with Gasteiger partial charge >= 0.3 is 12.4 Å². The van der Waals surface area contributed by atoms with E-state index in [0.717, 1.165) is 0 Å². The molecule has 0 aliphatic heterocycles. The highest BCUT2D eigenvalue weighted by Gasteiger charge is 2.42. The van der Waals surface area contributed by atoms with Gasteiger partial charge in [0, 0.05) is 4.90 Å². The van der Waals surface area contributed by atoms with Gasteiger partial charge in [-0.05, 0) is 23.2 Å². The molecule has 10 heteroatoms. The van der Waals surface area contributed by atoms with E-state index < -0.39 is 45.3 Å². The van der Waals surface area contributed by atoms with Crippen LogP contribution in [-0.4, -0.2) is 8.76 Å². The van der Waals surface area contributed by atoms with Gasteiger partial charge in [-0.3, -0.25) is 4.21 Å². The number of hydrogen-bond acceptors (Lipinski definition) is 2. The van der Waals surface area contributed by atoms with Gasteiger partial charge in [0.25, 0.3) is 0 Å². The molecule has 0 bridgehead atoms. The predicted octanol–water partition coefficient (Wildman–Crippen LogP) is 3.10. The molecule has 1 aromatic rings. The molecule has 0 fully saturated rings. The van der Waals surface area contributed by atoms with Crippen LogP contribution in [0.4, 0.5) is 30.7 Å². The molecule has 0 aliphatic carbocycles. The molecular formula is C8H2F7O2S-. The first-order valence-corrected chi connectivity index (χ1v) is 5.09. The Morgan fingerprint density at radius 1 is 0.944 bits per heavy atom. The van der Waals surface area contributed by atoms with Crippen LogP contribution in [0.5, 0.6) is 0 Å². The van der Waals surface area contributed by atoms with E-state index in [4.69, 9.17) is 0 Å². The molecule has 0 spiro atoms. The van der Waals surface area contributed by atoms with Crippen LogP contribution in [0.1, 0.15) is 11.1 Å². The first-order valence-electron chi connectivity index (χ1n) is 4.02. The van der Waals surface area contributed by atoms with E-state index in [0.29, 0.717) is 0 Å². The molecule has 0 radical (unpaired) electrons. The molecule has 18 heavy (non-hydrogen) atoms. The van der Waals surface area contributed by atoms with Gasteiger partial charge in [0.1, 0.15) is 5.82 Å². The molecule has 0 aliphatic rings. The third kappa shape index (κ3) is 2.99. The maximum atomic E-state index is 13.1. The van der Waals surface area contributed by atoms with Crippen molar-refractivity contribution in [3.63, 3.8) is 0 Å². The fourth-order valence-corrected chi connectivity index (χ4v) is 1.53. The first kappa shape index (κ1) is 14.9. The molecule has 0 saturated heterocycles. The van der Waals surface area contributed by atoms with Gasteiger partial charge in [0.2, 0.25) is 0 Å². The average molecular weight is 295 g/mol. The zero-order valence-electron chi connectivity index (χ0n) is 8.03. The summed E-state index contributed by atoms with van der Waals surface area (Å²) < 4.78 is 107. The summed E-state index contributed by atoms with van der Waals surface area (Å²) in [5, 5.41) is 0. The summed E-state index contributed by atoms with van der Waals surface area (Å²) in [6.45, 7) is 0. The van der Waals surface area contributed by atoms with Crippen LogP contribution < -0.4 is 0 Å². The van der Waals surface area contributed by atoms with Crippen LogP contribution in [0, 0.1) is 5.82 Å². The van der Waals surface area contributed by atoms with Crippen molar-refractivity contribution in [2.24, 2.45) is 0 Å². The van der Waals surface area contributed by atoms with E-state index in [2.05, 4.69) is 0 Å². The highest BCUT2D eigenvalue weighted by Crippen LogP contribution is 2.39. The molecule has 1 rings (SSSR count). The summed E-state index contributed by atoms with van der Waals surface area (Å²) in [4.78, 5) is -1.30. The lowest BCUT2D eigenvalue weighted by Gasteiger charge is -2.16. The number of halogens is 7. The molecule has 1 atom stereocenters. The van der Waals surface area contributed by atoms with Gasteiger partial charge in [-0.15, -0.1) is 0 Å². The van der Waals surface area contributed by atoms with E-state index >= 15 is 0 Å². The van der Waals surface area contributed by atoms with Gasteiger partial charge in [0.05, 0.1) is 11.1 Å². The normalized spacial score (nSPS) is 14.7. The van der Waals surface area contributed by atoms with Crippen LogP contribution in [0.2, 0.25) is 0 Å². The minimum atomic E-state index is -5.43. The third-order valence-electron chi connectivity index (χ3n) is 1.85. The maximum Gasteiger partial charge on any atom is 0.419 e. The number of benzene rings is 1. The average Bonchev–Trinajstić information content (AvgIpc) is 2.13. The van der Waals surface area contributed by atoms with E-state index in [1.807, 2.05) is 0 Å². The molecule has 2 nitrogen and oxygen atoms in total. The smallest absolute Gasteiger partial charge is 0.419 e. The maximum absolute atomic E-state index is 13.1. The van der Waals surface area contributed by atoms with Gasteiger partial charge in [0.15, 0.2) is 0 Å². The topological polar surface area (TPSA) is 40.1 Å². The number of rotatable bonds is 1. The van der Waals surface area contributed by atoms with Crippen LogP contribution >= 0.6 is 0 Å². The van der Waals surface area contributed by atoms with Gasteiger partial charge in [-0.2, -0.15) is 26.3 Å². The number of hydrogen-bond donors (Lipinski definition) is 0. The van der Waals surface area contributed by atoms with E-state index in [1.165, 1.54) is 0 Å². The minimum absolute atomic E-state index is 0.201. The van der Waals surface area contributed by atoms with Gasteiger partial charge in [-0.1, -0.05) is 0 Å².